The molecule has 0 aliphatic carbocycles. The molecule has 2 aromatic rings. The van der Waals surface area contributed by atoms with E-state index in [1.54, 1.807) is 24.3 Å². The number of nitrogens with one attached hydrogen (secondary N) is 1. The van der Waals surface area contributed by atoms with E-state index in [1.807, 2.05) is 6.07 Å². The highest BCUT2D eigenvalue weighted by Crippen LogP contribution is 2.47. The van der Waals surface area contributed by atoms with Crippen LogP contribution in [0.15, 0.2) is 50.3 Å². The highest BCUT2D eigenvalue weighted by molar-refractivity contribution is 7.80. The van der Waals surface area contributed by atoms with Gasteiger partial charge in [-0.25, -0.2) is 0 Å². The van der Waals surface area contributed by atoms with Gasteiger partial charge in [-0.1, -0.05) is 18.2 Å². The summed E-state index contributed by atoms with van der Waals surface area (Å²) in [5, 5.41) is 2.87. The summed E-state index contributed by atoms with van der Waals surface area (Å²) in [6, 6.07) is 8.92. The Hall–Kier alpha value is -5.46. The summed E-state index contributed by atoms with van der Waals surface area (Å²) in [6.07, 6.45) is 0.236. The summed E-state index contributed by atoms with van der Waals surface area (Å²) in [4.78, 5) is 28.3. The molecule has 0 aliphatic rings. The first kappa shape index (κ1) is 37.7. The van der Waals surface area contributed by atoms with Crippen molar-refractivity contribution in [1.29, 1.82) is 0 Å². The van der Waals surface area contributed by atoms with Crippen LogP contribution in [0, 0.1) is 0 Å². The van der Waals surface area contributed by atoms with Crippen molar-refractivity contribution in [2.75, 3.05) is 58.4 Å². The minimum Gasteiger partial charge on any atom is -0.488 e. The molecule has 0 heterocycles. The van der Waals surface area contributed by atoms with Crippen molar-refractivity contribution in [3.8, 4) is 34.1 Å². The monoisotopic (exact) mass is 675 g/mol. The average molecular weight is 676 g/mol. The number of hydrogen-bond acceptors (Lipinski definition) is 10. The fourth-order valence-electron chi connectivity index (χ4n) is 3.93. The summed E-state index contributed by atoms with van der Waals surface area (Å²) in [7, 11) is 0. The smallest absolute Gasteiger partial charge is 0.221 e. The minimum absolute atomic E-state index is 0.0622. The van der Waals surface area contributed by atoms with E-state index in [9.17, 15) is 4.79 Å². The summed E-state index contributed by atoms with van der Waals surface area (Å²) in [5.41, 5.74) is 45.6. The first-order chi connectivity index (χ1) is 22.5. The molecule has 2 aromatic carbocycles. The quantitative estimate of drug-likeness (QED) is 0.0294. The number of carbonyl (C=O) groups excluding carboxylic acids is 1. The Morgan fingerprint density at radius 3 is 1.60 bits per heavy atom. The van der Waals surface area contributed by atoms with Crippen molar-refractivity contribution < 1.29 is 23.7 Å². The maximum Gasteiger partial charge on any atom is 0.221 e. The van der Waals surface area contributed by atoms with E-state index in [0.29, 0.717) is 45.4 Å². The predicted molar refractivity (Wildman–Crippen MR) is 187 cm³/mol. The second-order valence-corrected chi connectivity index (χ2v) is 9.88. The molecule has 18 nitrogen and oxygen atoms in total. The lowest BCUT2D eigenvalue weighted by Gasteiger charge is -2.22. The molecule has 47 heavy (non-hydrogen) atoms. The van der Waals surface area contributed by atoms with Gasteiger partial charge in [0.15, 0.2) is 46.8 Å². The number of guanidine groups is 4. The maximum absolute atomic E-state index is 12.3. The zero-order valence-electron chi connectivity index (χ0n) is 26.1. The molecule has 0 aliphatic heterocycles. The molecule has 0 saturated heterocycles. The van der Waals surface area contributed by atoms with Gasteiger partial charge in [0.1, 0.15) is 26.4 Å². The zero-order valence-corrected chi connectivity index (χ0v) is 27.0. The fourth-order valence-corrected chi connectivity index (χ4v) is 4.13. The first-order valence-electron chi connectivity index (χ1n) is 14.4. The van der Waals surface area contributed by atoms with Crippen molar-refractivity contribution in [2.45, 2.75) is 13.0 Å². The molecular weight excluding hydrogens is 630 g/mol. The average Bonchev–Trinajstić information content (AvgIpc) is 3.01. The van der Waals surface area contributed by atoms with Gasteiger partial charge in [-0.05, 0) is 17.9 Å². The molecule has 0 radical (unpaired) electrons. The van der Waals surface area contributed by atoms with Crippen molar-refractivity contribution in [3.05, 3.63) is 35.9 Å². The largest absolute Gasteiger partial charge is 0.488 e. The van der Waals surface area contributed by atoms with Crippen molar-refractivity contribution in [1.82, 2.24) is 5.32 Å². The van der Waals surface area contributed by atoms with Crippen molar-refractivity contribution in [2.24, 2.45) is 65.8 Å². The molecule has 0 spiro atoms. The van der Waals surface area contributed by atoms with Crippen LogP contribution in [-0.4, -0.2) is 88.1 Å². The summed E-state index contributed by atoms with van der Waals surface area (Å²) >= 11 is 4.13. The summed E-state index contributed by atoms with van der Waals surface area (Å²) in [6.45, 7) is 1.23. The molecule has 258 valence electrons. The van der Waals surface area contributed by atoms with E-state index in [2.05, 4.69) is 37.9 Å². The number of amides is 1. The van der Waals surface area contributed by atoms with Gasteiger partial charge in [0, 0.05) is 29.7 Å². The van der Waals surface area contributed by atoms with Gasteiger partial charge < -0.3 is 70.1 Å². The highest BCUT2D eigenvalue weighted by atomic mass is 32.1. The Balaban J connectivity index is 2.70. The van der Waals surface area contributed by atoms with Gasteiger partial charge in [0.25, 0.3) is 0 Å². The second kappa shape index (κ2) is 20.5. The summed E-state index contributed by atoms with van der Waals surface area (Å²) in [5.74, 6) is 1.28. The zero-order chi connectivity index (χ0) is 34.6. The van der Waals surface area contributed by atoms with Crippen molar-refractivity contribution in [3.63, 3.8) is 0 Å². The molecule has 0 unspecified atom stereocenters. The maximum atomic E-state index is 12.3. The van der Waals surface area contributed by atoms with Gasteiger partial charge in [-0.3, -0.25) is 24.8 Å². The van der Waals surface area contributed by atoms with Crippen LogP contribution in [0.25, 0.3) is 11.1 Å². The lowest BCUT2D eigenvalue weighted by molar-refractivity contribution is -0.120. The van der Waals surface area contributed by atoms with Crippen LogP contribution in [-0.2, 0) is 11.3 Å². The fraction of sp³-hybridized carbons (Fsp3) is 0.393. The molecule has 19 heteroatoms. The van der Waals surface area contributed by atoms with Crippen LogP contribution in [0.1, 0.15) is 12.0 Å². The topological polar surface area (TPSA) is 324 Å². The lowest BCUT2D eigenvalue weighted by Crippen LogP contribution is -2.24. The van der Waals surface area contributed by atoms with Crippen molar-refractivity contribution >= 4 is 42.4 Å². The molecule has 0 bridgehead atoms. The number of rotatable bonds is 21. The molecule has 1 amide bonds. The number of ether oxygens (including phenoxy) is 4. The number of para-hydroxylation sites is 1. The van der Waals surface area contributed by atoms with Gasteiger partial charge in [0.2, 0.25) is 5.91 Å². The number of nitrogens with two attached hydrogens (primary N) is 8. The van der Waals surface area contributed by atoms with Crippen LogP contribution < -0.4 is 70.1 Å². The third-order valence-electron chi connectivity index (χ3n) is 5.82. The summed E-state index contributed by atoms with van der Waals surface area (Å²) < 4.78 is 24.6. The van der Waals surface area contributed by atoms with Crippen LogP contribution in [0.4, 0.5) is 0 Å². The molecular formula is C28H45N13O5S. The van der Waals surface area contributed by atoms with Crippen LogP contribution in [0.2, 0.25) is 0 Å². The Morgan fingerprint density at radius 2 is 1.09 bits per heavy atom. The van der Waals surface area contributed by atoms with Crippen LogP contribution in [0.3, 0.4) is 0 Å². The number of thiol groups is 1. The number of carbonyl (C=O) groups is 1. The van der Waals surface area contributed by atoms with E-state index in [-0.39, 0.29) is 95.3 Å². The standard InChI is InChI=1S/C28H45N13O5S/c29-25(30)37-7-11-43-20-3-1-2-18(23(20)45-13-9-39-27(33)34)19-5-4-17(16-41-21(42)6-15-47)22(44-12-8-38-26(31)32)24(19)46-14-10-40-28(35)36/h1-5,47H,6-16H2,(H,41,42)(H4,29,30,37)(H4,31,32,38)(H4,33,34,39)(H4,35,36,40). The van der Waals surface area contributed by atoms with Gasteiger partial charge in [0.05, 0.1) is 26.2 Å². The third kappa shape index (κ3) is 14.0. The molecule has 0 atom stereocenters. The number of hydrogen-bond donors (Lipinski definition) is 10. The minimum atomic E-state index is -0.187. The van der Waals surface area contributed by atoms with Gasteiger partial charge >= 0.3 is 0 Å². The number of benzene rings is 2. The van der Waals surface area contributed by atoms with Crippen LogP contribution in [0.5, 0.6) is 23.0 Å². The molecule has 0 fully saturated rings. The number of aliphatic imine (C=N–C) groups is 4. The third-order valence-corrected chi connectivity index (χ3v) is 6.04. The van der Waals surface area contributed by atoms with Crippen LogP contribution >= 0.6 is 12.6 Å². The second-order valence-electron chi connectivity index (χ2n) is 9.43. The van der Waals surface area contributed by atoms with E-state index >= 15 is 0 Å². The Kier molecular flexibility index (Phi) is 16.5. The molecule has 0 saturated carbocycles. The van der Waals surface area contributed by atoms with Gasteiger partial charge in [-0.15, -0.1) is 0 Å². The van der Waals surface area contributed by atoms with E-state index < -0.39 is 0 Å². The normalized spacial score (nSPS) is 10.2. The SMILES string of the molecule is NC(N)=NCCOc1cccc(-c2ccc(CNC(=O)CCS)c(OCCN=C(N)N)c2OCCN=C(N)N)c1OCCN=C(N)N. The molecule has 0 aromatic heterocycles. The Labute approximate surface area is 278 Å². The number of nitrogens with zero attached hydrogens (tertiary/aromatic N) is 4. The van der Waals surface area contributed by atoms with E-state index in [0.717, 1.165) is 0 Å². The Bertz CT molecular complexity index is 1420. The molecule has 17 N–H and O–H groups in total. The Morgan fingerprint density at radius 1 is 0.617 bits per heavy atom. The van der Waals surface area contributed by atoms with Gasteiger partial charge in [-0.2, -0.15) is 12.6 Å². The predicted octanol–water partition coefficient (Wildman–Crippen LogP) is -2.10. The molecule has 2 rings (SSSR count). The van der Waals surface area contributed by atoms with E-state index in [1.165, 1.54) is 0 Å². The first-order valence-corrected chi connectivity index (χ1v) is 15.1. The lowest BCUT2D eigenvalue weighted by atomic mass is 9.99. The highest BCUT2D eigenvalue weighted by Gasteiger charge is 2.23. The van der Waals surface area contributed by atoms with E-state index in [4.69, 9.17) is 64.8 Å².